The molecule has 1 fully saturated rings. The number of carbonyl (C=O) groups excluding carboxylic acids is 1. The fourth-order valence-electron chi connectivity index (χ4n) is 3.33. The minimum Gasteiger partial charge on any atom is -0.444 e. The van der Waals surface area contributed by atoms with E-state index < -0.39 is 5.60 Å². The Morgan fingerprint density at radius 3 is 2.88 bits per heavy atom. The molecule has 3 rings (SSSR count). The number of rotatable bonds is 3. The highest BCUT2D eigenvalue weighted by Gasteiger charge is 2.36. The second kappa shape index (κ2) is 6.61. The summed E-state index contributed by atoms with van der Waals surface area (Å²) in [5.41, 5.74) is 2.05. The number of aryl methyl sites for hydroxylation is 1. The Kier molecular flexibility index (Phi) is 4.70. The van der Waals surface area contributed by atoms with Gasteiger partial charge in [-0.25, -0.2) is 9.78 Å². The molecular formula is C19H29N3O2. The van der Waals surface area contributed by atoms with Gasteiger partial charge >= 0.3 is 6.09 Å². The van der Waals surface area contributed by atoms with Crippen molar-refractivity contribution in [2.24, 2.45) is 11.8 Å². The maximum atomic E-state index is 12.0. The third kappa shape index (κ3) is 4.00. The number of carbonyl (C=O) groups is 1. The van der Waals surface area contributed by atoms with E-state index in [-0.39, 0.29) is 6.09 Å². The Bertz CT molecular complexity index is 603. The zero-order chi connectivity index (χ0) is 17.3. The zero-order valence-electron chi connectivity index (χ0n) is 15.3. The molecule has 1 amide bonds. The molecule has 5 heteroatoms. The van der Waals surface area contributed by atoms with E-state index in [1.54, 1.807) is 4.90 Å². The lowest BCUT2D eigenvalue weighted by atomic mass is 9.84. The molecule has 0 aromatic carbocycles. The highest BCUT2D eigenvalue weighted by Crippen LogP contribution is 2.28. The van der Waals surface area contributed by atoms with Crippen molar-refractivity contribution in [3.63, 3.8) is 0 Å². The Labute approximate surface area is 144 Å². The maximum Gasteiger partial charge on any atom is 0.410 e. The third-order valence-corrected chi connectivity index (χ3v) is 4.85. The molecule has 2 aliphatic rings. The van der Waals surface area contributed by atoms with Gasteiger partial charge in [0, 0.05) is 25.3 Å². The molecule has 5 nitrogen and oxygen atoms in total. The fraction of sp³-hybridized carbons (Fsp3) is 0.684. The van der Waals surface area contributed by atoms with Gasteiger partial charge in [0.2, 0.25) is 0 Å². The van der Waals surface area contributed by atoms with Crippen molar-refractivity contribution >= 4 is 11.9 Å². The van der Waals surface area contributed by atoms with Crippen LogP contribution in [0.5, 0.6) is 0 Å². The summed E-state index contributed by atoms with van der Waals surface area (Å²) >= 11 is 0. The molecule has 1 N–H and O–H groups in total. The van der Waals surface area contributed by atoms with Gasteiger partial charge in [-0.1, -0.05) is 13.0 Å². The number of likely N-dealkylation sites (tertiary alicyclic amines) is 1. The number of anilines is 1. The van der Waals surface area contributed by atoms with E-state index in [2.05, 4.69) is 24.4 Å². The van der Waals surface area contributed by atoms with Gasteiger partial charge in [0.1, 0.15) is 11.4 Å². The number of nitrogens with zero attached hydrogens (tertiary/aromatic N) is 2. The molecule has 0 saturated carbocycles. The number of fused-ring (bicyclic) bond motifs is 1. The van der Waals surface area contributed by atoms with Crippen molar-refractivity contribution < 1.29 is 9.53 Å². The van der Waals surface area contributed by atoms with Crippen LogP contribution in [0.3, 0.4) is 0 Å². The normalized spacial score (nSPS) is 19.1. The van der Waals surface area contributed by atoms with E-state index in [4.69, 9.17) is 9.72 Å². The van der Waals surface area contributed by atoms with E-state index in [1.807, 2.05) is 20.8 Å². The lowest BCUT2D eigenvalue weighted by molar-refractivity contribution is -0.00936. The van der Waals surface area contributed by atoms with Crippen LogP contribution in [0, 0.1) is 11.8 Å². The van der Waals surface area contributed by atoms with Gasteiger partial charge in [0.15, 0.2) is 0 Å². The van der Waals surface area contributed by atoms with Crippen LogP contribution in [0.25, 0.3) is 0 Å². The first-order chi connectivity index (χ1) is 11.3. The lowest BCUT2D eigenvalue weighted by Crippen LogP contribution is -2.53. The van der Waals surface area contributed by atoms with Crippen LogP contribution in [-0.4, -0.2) is 41.2 Å². The summed E-state index contributed by atoms with van der Waals surface area (Å²) in [5, 5.41) is 3.40. The van der Waals surface area contributed by atoms with Crippen LogP contribution in [0.15, 0.2) is 12.1 Å². The molecule has 24 heavy (non-hydrogen) atoms. The highest BCUT2D eigenvalue weighted by atomic mass is 16.6. The largest absolute Gasteiger partial charge is 0.444 e. The first-order valence-corrected chi connectivity index (χ1v) is 9.02. The van der Waals surface area contributed by atoms with Gasteiger partial charge in [0.05, 0.1) is 0 Å². The van der Waals surface area contributed by atoms with Crippen LogP contribution < -0.4 is 5.32 Å². The summed E-state index contributed by atoms with van der Waals surface area (Å²) in [6.45, 7) is 10.6. The van der Waals surface area contributed by atoms with Gasteiger partial charge in [-0.15, -0.1) is 0 Å². The first kappa shape index (κ1) is 17.1. The minimum absolute atomic E-state index is 0.193. The predicted molar refractivity (Wildman–Crippen MR) is 95.2 cm³/mol. The van der Waals surface area contributed by atoms with Gasteiger partial charge in [-0.05, 0) is 63.5 Å². The van der Waals surface area contributed by atoms with Crippen LogP contribution in [0.2, 0.25) is 0 Å². The summed E-state index contributed by atoms with van der Waals surface area (Å²) in [5.74, 6) is 2.11. The summed E-state index contributed by atoms with van der Waals surface area (Å²) in [4.78, 5) is 18.6. The molecule has 1 aromatic heterocycles. The van der Waals surface area contributed by atoms with Crippen LogP contribution in [0.4, 0.5) is 10.6 Å². The topological polar surface area (TPSA) is 54.5 Å². The average molecular weight is 331 g/mol. The third-order valence-electron chi connectivity index (χ3n) is 4.85. The zero-order valence-corrected chi connectivity index (χ0v) is 15.3. The highest BCUT2D eigenvalue weighted by molar-refractivity contribution is 5.69. The second-order valence-corrected chi connectivity index (χ2v) is 8.17. The van der Waals surface area contributed by atoms with Crippen molar-refractivity contribution in [2.75, 3.05) is 25.0 Å². The van der Waals surface area contributed by atoms with E-state index in [0.717, 1.165) is 44.0 Å². The Morgan fingerprint density at radius 1 is 1.42 bits per heavy atom. The number of ether oxygens (including phenoxy) is 1. The SMILES string of the molecule is CC(Cc1ccc2c(n1)NCCC2)C1CN(C(=O)OC(C)(C)C)C1. The van der Waals surface area contributed by atoms with Crippen molar-refractivity contribution in [3.8, 4) is 0 Å². The van der Waals surface area contributed by atoms with Crippen molar-refractivity contribution in [3.05, 3.63) is 23.4 Å². The van der Waals surface area contributed by atoms with Gasteiger partial charge in [-0.2, -0.15) is 0 Å². The molecule has 2 aliphatic heterocycles. The predicted octanol–water partition coefficient (Wildman–Crippen LogP) is 3.49. The molecule has 0 spiro atoms. The fourth-order valence-corrected chi connectivity index (χ4v) is 3.33. The molecule has 1 saturated heterocycles. The van der Waals surface area contributed by atoms with Crippen molar-refractivity contribution in [1.82, 2.24) is 9.88 Å². The van der Waals surface area contributed by atoms with E-state index >= 15 is 0 Å². The summed E-state index contributed by atoms with van der Waals surface area (Å²) in [6, 6.07) is 4.37. The minimum atomic E-state index is -0.423. The van der Waals surface area contributed by atoms with Crippen molar-refractivity contribution in [2.45, 2.75) is 52.6 Å². The van der Waals surface area contributed by atoms with E-state index in [0.29, 0.717) is 11.8 Å². The number of amides is 1. The van der Waals surface area contributed by atoms with Gasteiger partial charge in [0.25, 0.3) is 0 Å². The number of hydrogen-bond donors (Lipinski definition) is 1. The lowest BCUT2D eigenvalue weighted by Gasteiger charge is -2.42. The summed E-state index contributed by atoms with van der Waals surface area (Å²) in [6.07, 6.45) is 3.08. The number of aromatic nitrogens is 1. The first-order valence-electron chi connectivity index (χ1n) is 9.02. The molecular weight excluding hydrogens is 302 g/mol. The molecule has 1 atom stereocenters. The van der Waals surface area contributed by atoms with Gasteiger partial charge in [-0.3, -0.25) is 0 Å². The molecule has 1 unspecified atom stereocenters. The Balaban J connectivity index is 1.50. The quantitative estimate of drug-likeness (QED) is 0.921. The molecule has 132 valence electrons. The summed E-state index contributed by atoms with van der Waals surface area (Å²) < 4.78 is 5.42. The Hall–Kier alpha value is -1.78. The number of nitrogens with one attached hydrogen (secondary N) is 1. The van der Waals surface area contributed by atoms with Crippen LogP contribution in [-0.2, 0) is 17.6 Å². The Morgan fingerprint density at radius 2 is 2.17 bits per heavy atom. The molecule has 0 aliphatic carbocycles. The summed E-state index contributed by atoms with van der Waals surface area (Å²) in [7, 11) is 0. The monoisotopic (exact) mass is 331 g/mol. The second-order valence-electron chi connectivity index (χ2n) is 8.17. The molecule has 3 heterocycles. The van der Waals surface area contributed by atoms with Crippen molar-refractivity contribution in [1.29, 1.82) is 0 Å². The van der Waals surface area contributed by atoms with E-state index in [9.17, 15) is 4.79 Å². The smallest absolute Gasteiger partial charge is 0.410 e. The number of hydrogen-bond acceptors (Lipinski definition) is 4. The van der Waals surface area contributed by atoms with Gasteiger partial charge < -0.3 is 15.0 Å². The molecule has 0 radical (unpaired) electrons. The van der Waals surface area contributed by atoms with Crippen LogP contribution >= 0.6 is 0 Å². The molecule has 1 aromatic rings. The average Bonchev–Trinajstić information content (AvgIpc) is 2.43. The molecule has 0 bridgehead atoms. The standard InChI is InChI=1S/C19H29N3O2/c1-13(15-11-22(12-15)18(23)24-19(2,3)4)10-16-8-7-14-6-5-9-20-17(14)21-16/h7-8,13,15H,5-6,9-12H2,1-4H3,(H,20,21). The maximum absolute atomic E-state index is 12.0. The van der Waals surface area contributed by atoms with Crippen LogP contribution in [0.1, 0.15) is 45.4 Å². The number of pyridine rings is 1. The van der Waals surface area contributed by atoms with E-state index in [1.165, 1.54) is 12.0 Å².